The minimum absolute atomic E-state index is 0.139. The molecular formula is C12H25NO2. The number of hydrogen-bond donors (Lipinski definition) is 2. The van der Waals surface area contributed by atoms with Crippen molar-refractivity contribution in [3.05, 3.63) is 12.3 Å². The summed E-state index contributed by atoms with van der Waals surface area (Å²) in [6.45, 7) is 3.69. The van der Waals surface area contributed by atoms with Gasteiger partial charge in [0.1, 0.15) is 0 Å². The highest BCUT2D eigenvalue weighted by atomic mass is 16.3. The summed E-state index contributed by atoms with van der Waals surface area (Å²) in [5.41, 5.74) is 0. The summed E-state index contributed by atoms with van der Waals surface area (Å²) in [6, 6.07) is 0. The van der Waals surface area contributed by atoms with Crippen LogP contribution in [0.25, 0.3) is 0 Å². The molecule has 0 aliphatic carbocycles. The molecule has 0 amide bonds. The minimum atomic E-state index is 0.139. The number of unbranched alkanes of at least 4 members (excludes halogenated alkanes) is 4. The maximum absolute atomic E-state index is 8.78. The fraction of sp³-hybridized carbons (Fsp3) is 0.833. The largest absolute Gasteiger partial charge is 0.395 e. The summed E-state index contributed by atoms with van der Waals surface area (Å²) in [5, 5.41) is 17.6. The maximum Gasteiger partial charge on any atom is 0.0606 e. The molecule has 0 aliphatic heterocycles. The molecule has 0 rings (SSSR count). The van der Waals surface area contributed by atoms with Crippen molar-refractivity contribution in [2.45, 2.75) is 39.0 Å². The average Bonchev–Trinajstić information content (AvgIpc) is 2.24. The van der Waals surface area contributed by atoms with E-state index < -0.39 is 0 Å². The third-order valence-corrected chi connectivity index (χ3v) is 2.31. The van der Waals surface area contributed by atoms with Crippen LogP contribution in [0.4, 0.5) is 0 Å². The summed E-state index contributed by atoms with van der Waals surface area (Å²) in [5.74, 6) is 0. The summed E-state index contributed by atoms with van der Waals surface area (Å²) >= 11 is 0. The average molecular weight is 215 g/mol. The van der Waals surface area contributed by atoms with Crippen LogP contribution in [-0.2, 0) is 0 Å². The number of aliphatic hydroxyl groups is 2. The lowest BCUT2D eigenvalue weighted by Gasteiger charge is -2.17. The Morgan fingerprint density at radius 1 is 1.00 bits per heavy atom. The van der Waals surface area contributed by atoms with Crippen molar-refractivity contribution in [3.8, 4) is 0 Å². The number of allylic oxidation sites excluding steroid dienone is 1. The lowest BCUT2D eigenvalue weighted by Crippen LogP contribution is -2.24. The van der Waals surface area contributed by atoms with Crippen LogP contribution in [0.15, 0.2) is 12.3 Å². The molecule has 0 saturated carbocycles. The van der Waals surface area contributed by atoms with Crippen molar-refractivity contribution < 1.29 is 10.2 Å². The second kappa shape index (κ2) is 11.5. The summed E-state index contributed by atoms with van der Waals surface area (Å²) in [6.07, 6.45) is 10.3. The highest BCUT2D eigenvalue weighted by molar-refractivity contribution is 4.82. The molecule has 0 spiro atoms. The van der Waals surface area contributed by atoms with E-state index in [0.717, 1.165) is 6.42 Å². The van der Waals surface area contributed by atoms with Crippen molar-refractivity contribution in [2.75, 3.05) is 26.3 Å². The molecule has 3 nitrogen and oxygen atoms in total. The van der Waals surface area contributed by atoms with E-state index in [4.69, 9.17) is 10.2 Å². The van der Waals surface area contributed by atoms with Gasteiger partial charge in [0, 0.05) is 13.1 Å². The van der Waals surface area contributed by atoms with E-state index in [1.54, 1.807) is 0 Å². The van der Waals surface area contributed by atoms with E-state index in [9.17, 15) is 0 Å². The Kier molecular flexibility index (Phi) is 11.1. The topological polar surface area (TPSA) is 43.7 Å². The monoisotopic (exact) mass is 215 g/mol. The first-order chi connectivity index (χ1) is 7.35. The highest BCUT2D eigenvalue weighted by Crippen LogP contribution is 2.03. The maximum atomic E-state index is 8.78. The van der Waals surface area contributed by atoms with Gasteiger partial charge in [0.25, 0.3) is 0 Å². The molecular weight excluding hydrogens is 190 g/mol. The van der Waals surface area contributed by atoms with Crippen LogP contribution in [0.5, 0.6) is 0 Å². The lowest BCUT2D eigenvalue weighted by atomic mass is 10.1. The highest BCUT2D eigenvalue weighted by Gasteiger charge is 1.95. The van der Waals surface area contributed by atoms with E-state index in [1.807, 2.05) is 11.1 Å². The number of rotatable bonds is 10. The first kappa shape index (κ1) is 14.5. The van der Waals surface area contributed by atoms with Gasteiger partial charge in [0.05, 0.1) is 13.2 Å². The normalized spacial score (nSPS) is 11.1. The van der Waals surface area contributed by atoms with Gasteiger partial charge < -0.3 is 15.1 Å². The lowest BCUT2D eigenvalue weighted by molar-refractivity contribution is 0.198. The van der Waals surface area contributed by atoms with Crippen LogP contribution in [0.3, 0.4) is 0 Å². The summed E-state index contributed by atoms with van der Waals surface area (Å²) < 4.78 is 0. The molecule has 90 valence electrons. The summed E-state index contributed by atoms with van der Waals surface area (Å²) in [4.78, 5) is 1.94. The molecule has 0 atom stereocenters. The van der Waals surface area contributed by atoms with Gasteiger partial charge >= 0.3 is 0 Å². The van der Waals surface area contributed by atoms with Gasteiger partial charge in [-0.05, 0) is 19.0 Å². The minimum Gasteiger partial charge on any atom is -0.395 e. The molecule has 0 aromatic carbocycles. The van der Waals surface area contributed by atoms with Gasteiger partial charge in [0.2, 0.25) is 0 Å². The van der Waals surface area contributed by atoms with Crippen LogP contribution >= 0.6 is 0 Å². The molecule has 0 aromatic rings. The fourth-order valence-corrected chi connectivity index (χ4v) is 1.43. The molecule has 15 heavy (non-hydrogen) atoms. The first-order valence-corrected chi connectivity index (χ1v) is 5.97. The van der Waals surface area contributed by atoms with Crippen molar-refractivity contribution in [1.29, 1.82) is 0 Å². The van der Waals surface area contributed by atoms with Gasteiger partial charge in [-0.15, -0.1) is 0 Å². The standard InChI is InChI=1S/C12H25NO2/c1-2-3-4-5-6-7-8-13(9-11-14)10-12-15/h7-8,14-15H,2-6,9-12H2,1H3. The van der Waals surface area contributed by atoms with E-state index in [0.29, 0.717) is 13.1 Å². The van der Waals surface area contributed by atoms with Gasteiger partial charge in [-0.2, -0.15) is 0 Å². The molecule has 0 radical (unpaired) electrons. The smallest absolute Gasteiger partial charge is 0.0606 e. The van der Waals surface area contributed by atoms with Gasteiger partial charge in [-0.3, -0.25) is 0 Å². The zero-order valence-corrected chi connectivity index (χ0v) is 9.86. The number of nitrogens with zero attached hydrogens (tertiary/aromatic N) is 1. The molecule has 0 unspecified atom stereocenters. The van der Waals surface area contributed by atoms with Crippen LogP contribution in [0, 0.1) is 0 Å². The Morgan fingerprint density at radius 3 is 2.20 bits per heavy atom. The molecule has 0 heterocycles. The van der Waals surface area contributed by atoms with Crippen LogP contribution in [0.2, 0.25) is 0 Å². The Balaban J connectivity index is 3.50. The second-order valence-corrected chi connectivity index (χ2v) is 3.72. The fourth-order valence-electron chi connectivity index (χ4n) is 1.43. The Hall–Kier alpha value is -0.540. The quantitative estimate of drug-likeness (QED) is 0.546. The van der Waals surface area contributed by atoms with Gasteiger partial charge in [-0.1, -0.05) is 32.3 Å². The van der Waals surface area contributed by atoms with Gasteiger partial charge in [-0.25, -0.2) is 0 Å². The zero-order chi connectivity index (χ0) is 11.4. The van der Waals surface area contributed by atoms with E-state index in [-0.39, 0.29) is 13.2 Å². The molecule has 0 bridgehead atoms. The van der Waals surface area contributed by atoms with Crippen molar-refractivity contribution in [2.24, 2.45) is 0 Å². The van der Waals surface area contributed by atoms with E-state index in [1.165, 1.54) is 25.7 Å². The first-order valence-electron chi connectivity index (χ1n) is 5.97. The predicted octanol–water partition coefficient (Wildman–Crippen LogP) is 1.76. The van der Waals surface area contributed by atoms with Crippen LogP contribution in [0.1, 0.15) is 39.0 Å². The van der Waals surface area contributed by atoms with E-state index in [2.05, 4.69) is 13.0 Å². The Bertz CT molecular complexity index is 143. The molecule has 0 fully saturated rings. The molecule has 0 aromatic heterocycles. The van der Waals surface area contributed by atoms with Crippen molar-refractivity contribution in [3.63, 3.8) is 0 Å². The summed E-state index contributed by atoms with van der Waals surface area (Å²) in [7, 11) is 0. The van der Waals surface area contributed by atoms with Crippen molar-refractivity contribution in [1.82, 2.24) is 4.90 Å². The Morgan fingerprint density at radius 2 is 1.67 bits per heavy atom. The third kappa shape index (κ3) is 9.76. The molecule has 2 N–H and O–H groups in total. The van der Waals surface area contributed by atoms with Crippen LogP contribution in [-0.4, -0.2) is 41.4 Å². The second-order valence-electron chi connectivity index (χ2n) is 3.72. The molecule has 0 saturated heterocycles. The zero-order valence-electron chi connectivity index (χ0n) is 9.86. The number of aliphatic hydroxyl groups excluding tert-OH is 2. The SMILES string of the molecule is CCCCCCC=CN(CCO)CCO. The third-order valence-electron chi connectivity index (χ3n) is 2.31. The van der Waals surface area contributed by atoms with E-state index >= 15 is 0 Å². The Labute approximate surface area is 93.4 Å². The predicted molar refractivity (Wildman–Crippen MR) is 63.6 cm³/mol. The molecule has 0 aliphatic rings. The van der Waals surface area contributed by atoms with Gasteiger partial charge in [0.15, 0.2) is 0 Å². The van der Waals surface area contributed by atoms with Crippen LogP contribution < -0.4 is 0 Å². The molecule has 3 heteroatoms. The number of hydrogen-bond acceptors (Lipinski definition) is 3. The van der Waals surface area contributed by atoms with Crippen molar-refractivity contribution >= 4 is 0 Å².